The molecule has 0 aromatic carbocycles. The van der Waals surface area contributed by atoms with Gasteiger partial charge in [0.2, 0.25) is 0 Å². The fraction of sp³-hybridized carbons (Fsp3) is 0.600. The average Bonchev–Trinajstić information content (AvgIpc) is 2.13. The molecule has 128 valence electrons. The lowest BCUT2D eigenvalue weighted by Crippen LogP contribution is -2.37. The Morgan fingerprint density at radius 2 is 0.762 bits per heavy atom. The van der Waals surface area contributed by atoms with Crippen LogP contribution in [0.2, 0.25) is 0 Å². The van der Waals surface area contributed by atoms with Crippen LogP contribution in [0.3, 0.4) is 0 Å². The van der Waals surface area contributed by atoms with Crippen LogP contribution < -0.4 is 17.2 Å². The molecule has 0 saturated carbocycles. The molecule has 0 fully saturated rings. The number of carboxylic acids is 4. The van der Waals surface area contributed by atoms with Crippen LogP contribution in [0.15, 0.2) is 0 Å². The summed E-state index contributed by atoms with van der Waals surface area (Å²) < 4.78 is 0. The maximum Gasteiger partial charge on any atom is 0.300 e. The molecule has 21 heavy (non-hydrogen) atoms. The van der Waals surface area contributed by atoms with Crippen molar-refractivity contribution in [3.8, 4) is 0 Å². The van der Waals surface area contributed by atoms with Crippen molar-refractivity contribution < 1.29 is 39.6 Å². The maximum absolute atomic E-state index is 9.00. The van der Waals surface area contributed by atoms with E-state index in [9.17, 15) is 0 Å². The van der Waals surface area contributed by atoms with Crippen LogP contribution in [0, 0.1) is 0 Å². The van der Waals surface area contributed by atoms with Gasteiger partial charge in [0.15, 0.2) is 0 Å². The molecule has 0 rings (SSSR count). The maximum atomic E-state index is 9.00. The summed E-state index contributed by atoms with van der Waals surface area (Å²) in [5, 5.41) is 29.7. The van der Waals surface area contributed by atoms with Crippen molar-refractivity contribution in [1.29, 1.82) is 0 Å². The van der Waals surface area contributed by atoms with Gasteiger partial charge in [0.1, 0.15) is 0 Å². The standard InChI is InChI=1S/C2H9N3.4C2H4O2/c3-1-2(4)5;4*1-2(3)4/h2H,1,3-5H2;4*1H3,(H,3,4). The summed E-state index contributed by atoms with van der Waals surface area (Å²) in [4.78, 5) is 36.0. The molecule has 0 aliphatic rings. The van der Waals surface area contributed by atoms with E-state index in [4.69, 9.17) is 56.8 Å². The van der Waals surface area contributed by atoms with Gasteiger partial charge >= 0.3 is 0 Å². The number of carbonyl (C=O) groups is 4. The Kier molecular flexibility index (Phi) is 39.2. The molecule has 0 heterocycles. The zero-order chi connectivity index (χ0) is 18.6. The second-order valence-electron chi connectivity index (χ2n) is 2.98. The highest BCUT2D eigenvalue weighted by molar-refractivity contribution is 5.63. The first-order chi connectivity index (χ1) is 9.20. The lowest BCUT2D eigenvalue weighted by atomic mass is 10.6. The van der Waals surface area contributed by atoms with Gasteiger partial charge in [-0.25, -0.2) is 0 Å². The molecule has 0 aromatic heterocycles. The van der Waals surface area contributed by atoms with E-state index < -0.39 is 23.9 Å². The van der Waals surface area contributed by atoms with Crippen LogP contribution >= 0.6 is 0 Å². The molecule has 11 heteroatoms. The molecular formula is C10H25N3O8. The molecule has 0 aromatic rings. The average molecular weight is 315 g/mol. The number of hydrogen-bond acceptors (Lipinski definition) is 7. The topological polar surface area (TPSA) is 227 Å². The summed E-state index contributed by atoms with van der Waals surface area (Å²) in [5.74, 6) is -3.33. The molecule has 10 N–H and O–H groups in total. The Morgan fingerprint density at radius 1 is 0.714 bits per heavy atom. The van der Waals surface area contributed by atoms with Crippen molar-refractivity contribution in [2.24, 2.45) is 17.2 Å². The Bertz CT molecular complexity index is 217. The van der Waals surface area contributed by atoms with Crippen molar-refractivity contribution in [3.63, 3.8) is 0 Å². The predicted octanol–water partition coefficient (Wildman–Crippen LogP) is -1.45. The van der Waals surface area contributed by atoms with Gasteiger partial charge in [-0.1, -0.05) is 0 Å². The van der Waals surface area contributed by atoms with E-state index in [2.05, 4.69) is 0 Å². The highest BCUT2D eigenvalue weighted by Crippen LogP contribution is 1.44. The minimum atomic E-state index is -0.833. The lowest BCUT2D eigenvalue weighted by Gasteiger charge is -1.93. The van der Waals surface area contributed by atoms with E-state index >= 15 is 0 Å². The third-order valence-corrected chi connectivity index (χ3v) is 0.272. The van der Waals surface area contributed by atoms with Crippen molar-refractivity contribution in [3.05, 3.63) is 0 Å². The van der Waals surface area contributed by atoms with Crippen LogP contribution in [0.25, 0.3) is 0 Å². The largest absolute Gasteiger partial charge is 0.481 e. The number of rotatable bonds is 1. The molecule has 0 atom stereocenters. The van der Waals surface area contributed by atoms with E-state index in [1.807, 2.05) is 0 Å². The Labute approximate surface area is 122 Å². The van der Waals surface area contributed by atoms with Gasteiger partial charge in [-0.2, -0.15) is 0 Å². The van der Waals surface area contributed by atoms with E-state index in [1.54, 1.807) is 0 Å². The molecule has 0 amide bonds. The second-order valence-corrected chi connectivity index (χ2v) is 2.98. The van der Waals surface area contributed by atoms with E-state index in [-0.39, 0.29) is 6.17 Å². The van der Waals surface area contributed by atoms with Crippen molar-refractivity contribution in [2.45, 2.75) is 33.9 Å². The van der Waals surface area contributed by atoms with Crippen molar-refractivity contribution in [2.75, 3.05) is 6.54 Å². The first kappa shape index (κ1) is 31.3. The Hall–Kier alpha value is -2.24. The van der Waals surface area contributed by atoms with E-state index in [1.165, 1.54) is 0 Å². The molecule has 0 aliphatic heterocycles. The summed E-state index contributed by atoms with van der Waals surface area (Å²) in [6, 6.07) is 0. The smallest absolute Gasteiger partial charge is 0.300 e. The summed E-state index contributed by atoms with van der Waals surface area (Å²) in [7, 11) is 0. The number of aliphatic carboxylic acids is 4. The Balaban J connectivity index is -0.0000000510. The van der Waals surface area contributed by atoms with Crippen LogP contribution in [-0.4, -0.2) is 57.0 Å². The van der Waals surface area contributed by atoms with Crippen LogP contribution in [0.4, 0.5) is 0 Å². The van der Waals surface area contributed by atoms with Gasteiger partial charge in [0.25, 0.3) is 23.9 Å². The highest BCUT2D eigenvalue weighted by Gasteiger charge is 1.79. The van der Waals surface area contributed by atoms with E-state index in [0.717, 1.165) is 27.7 Å². The monoisotopic (exact) mass is 315 g/mol. The van der Waals surface area contributed by atoms with Gasteiger partial charge < -0.3 is 37.6 Å². The molecule has 0 spiro atoms. The summed E-state index contributed by atoms with van der Waals surface area (Å²) in [6.07, 6.45) is -0.338. The van der Waals surface area contributed by atoms with Crippen LogP contribution in [-0.2, 0) is 19.2 Å². The summed E-state index contributed by atoms with van der Waals surface area (Å²) in [6.45, 7) is 4.69. The number of hydrogen-bond donors (Lipinski definition) is 7. The Morgan fingerprint density at radius 3 is 0.762 bits per heavy atom. The second kappa shape index (κ2) is 26.3. The molecule has 0 unspecified atom stereocenters. The molecular weight excluding hydrogens is 290 g/mol. The predicted molar refractivity (Wildman–Crippen MR) is 74.5 cm³/mol. The third-order valence-electron chi connectivity index (χ3n) is 0.272. The zero-order valence-corrected chi connectivity index (χ0v) is 12.4. The fourth-order valence-corrected chi connectivity index (χ4v) is 0. The fourth-order valence-electron chi connectivity index (χ4n) is 0. The zero-order valence-electron chi connectivity index (χ0n) is 12.4. The molecule has 0 radical (unpaired) electrons. The van der Waals surface area contributed by atoms with E-state index in [0.29, 0.717) is 6.54 Å². The van der Waals surface area contributed by atoms with Crippen molar-refractivity contribution >= 4 is 23.9 Å². The number of carboxylic acid groups (broad SMARTS) is 4. The minimum absolute atomic E-state index is 0.338. The molecule has 0 saturated heterocycles. The molecule has 0 aliphatic carbocycles. The van der Waals surface area contributed by atoms with Crippen LogP contribution in [0.5, 0.6) is 0 Å². The first-order valence-corrected chi connectivity index (χ1v) is 5.19. The van der Waals surface area contributed by atoms with Gasteiger partial charge in [-0.15, -0.1) is 0 Å². The minimum Gasteiger partial charge on any atom is -0.481 e. The molecule has 0 bridgehead atoms. The number of nitrogens with two attached hydrogens (primary N) is 3. The highest BCUT2D eigenvalue weighted by atomic mass is 16.4. The third kappa shape index (κ3) is 76600. The SMILES string of the molecule is CC(=O)O.CC(=O)O.CC(=O)O.CC(=O)O.NCC(N)N. The van der Waals surface area contributed by atoms with Crippen molar-refractivity contribution in [1.82, 2.24) is 0 Å². The van der Waals surface area contributed by atoms with Gasteiger partial charge in [-0.05, 0) is 0 Å². The van der Waals surface area contributed by atoms with Gasteiger partial charge in [-0.3, -0.25) is 19.2 Å². The normalized spacial score (nSPS) is 7.05. The summed E-state index contributed by atoms with van der Waals surface area (Å²) in [5.41, 5.74) is 14.8. The molecule has 11 nitrogen and oxygen atoms in total. The first-order valence-electron chi connectivity index (χ1n) is 5.19. The van der Waals surface area contributed by atoms with Crippen LogP contribution in [0.1, 0.15) is 27.7 Å². The van der Waals surface area contributed by atoms with Gasteiger partial charge in [0.05, 0.1) is 6.17 Å². The quantitative estimate of drug-likeness (QED) is 0.277. The lowest BCUT2D eigenvalue weighted by molar-refractivity contribution is -0.135. The van der Waals surface area contributed by atoms with Gasteiger partial charge in [0, 0.05) is 34.2 Å². The summed E-state index contributed by atoms with van der Waals surface area (Å²) >= 11 is 0.